The van der Waals surface area contributed by atoms with Crippen molar-refractivity contribution in [3.63, 3.8) is 0 Å². The highest BCUT2D eigenvalue weighted by Crippen LogP contribution is 2.20. The van der Waals surface area contributed by atoms with Gasteiger partial charge in [0.2, 0.25) is 0 Å². The number of nitrogens with one attached hydrogen (secondary N) is 2. The number of rotatable bonds is 2. The van der Waals surface area contributed by atoms with Crippen LogP contribution in [-0.2, 0) is 0 Å². The van der Waals surface area contributed by atoms with E-state index in [0.717, 1.165) is 5.69 Å². The molecule has 0 radical (unpaired) electrons. The van der Waals surface area contributed by atoms with Gasteiger partial charge in [0.25, 0.3) is 5.56 Å². The minimum atomic E-state index is -0.440. The number of H-pyrrole nitrogens is 2. The summed E-state index contributed by atoms with van der Waals surface area (Å²) in [7, 11) is 0. The molecule has 0 aliphatic rings. The number of benzene rings is 1. The van der Waals surface area contributed by atoms with Gasteiger partial charge in [0.15, 0.2) is 16.3 Å². The second-order valence-electron chi connectivity index (χ2n) is 3.88. The molecule has 3 rings (SSSR count). The standard InChI is InChI=1S/C12H10N4O2S/c1-19-12-15-10(17)8-9(14-11(18)13-8)16(12)7-5-3-2-4-6-7/h2-6H,1H3,(H2,13,14,18). The molecule has 19 heavy (non-hydrogen) atoms. The summed E-state index contributed by atoms with van der Waals surface area (Å²) in [5.74, 6) is 0. The first-order chi connectivity index (χ1) is 9.20. The second kappa shape index (κ2) is 4.43. The minimum Gasteiger partial charge on any atom is -0.300 e. The number of thioether (sulfide) groups is 1. The van der Waals surface area contributed by atoms with Crippen molar-refractivity contribution in [2.45, 2.75) is 5.16 Å². The Morgan fingerprint density at radius 3 is 2.58 bits per heavy atom. The monoisotopic (exact) mass is 274 g/mol. The summed E-state index contributed by atoms with van der Waals surface area (Å²) in [6.07, 6.45) is 1.83. The number of aromatic amines is 2. The van der Waals surface area contributed by atoms with Crippen molar-refractivity contribution in [2.75, 3.05) is 6.26 Å². The Hall–Kier alpha value is -2.28. The highest BCUT2D eigenvalue weighted by Gasteiger charge is 2.14. The molecule has 96 valence electrons. The number of para-hydroxylation sites is 1. The second-order valence-corrected chi connectivity index (χ2v) is 4.65. The Morgan fingerprint density at radius 2 is 1.89 bits per heavy atom. The van der Waals surface area contributed by atoms with Gasteiger partial charge in [-0.3, -0.25) is 19.3 Å². The van der Waals surface area contributed by atoms with E-state index in [1.165, 1.54) is 11.8 Å². The Bertz CT molecular complexity index is 848. The van der Waals surface area contributed by atoms with E-state index >= 15 is 0 Å². The highest BCUT2D eigenvalue weighted by atomic mass is 32.2. The maximum Gasteiger partial charge on any atom is 0.325 e. The fourth-order valence-corrected chi connectivity index (χ4v) is 2.49. The largest absolute Gasteiger partial charge is 0.325 e. The fraction of sp³-hybridized carbons (Fsp3) is 0.0833. The lowest BCUT2D eigenvalue weighted by Gasteiger charge is -2.11. The van der Waals surface area contributed by atoms with Crippen LogP contribution in [0.3, 0.4) is 0 Å². The van der Waals surface area contributed by atoms with Crippen LogP contribution in [0.2, 0.25) is 0 Å². The van der Waals surface area contributed by atoms with Crippen LogP contribution in [0, 0.1) is 0 Å². The van der Waals surface area contributed by atoms with Crippen molar-refractivity contribution in [3.05, 3.63) is 51.2 Å². The van der Waals surface area contributed by atoms with Crippen molar-refractivity contribution >= 4 is 22.9 Å². The maximum atomic E-state index is 11.8. The van der Waals surface area contributed by atoms with Gasteiger partial charge in [-0.05, 0) is 18.4 Å². The van der Waals surface area contributed by atoms with E-state index in [-0.39, 0.29) is 5.52 Å². The van der Waals surface area contributed by atoms with Gasteiger partial charge < -0.3 is 0 Å². The quantitative estimate of drug-likeness (QED) is 0.542. The Balaban J connectivity index is 2.48. The van der Waals surface area contributed by atoms with E-state index in [1.54, 1.807) is 4.57 Å². The van der Waals surface area contributed by atoms with Gasteiger partial charge in [-0.2, -0.15) is 4.98 Å². The Morgan fingerprint density at radius 1 is 1.16 bits per heavy atom. The molecule has 0 amide bonds. The van der Waals surface area contributed by atoms with E-state index < -0.39 is 11.2 Å². The van der Waals surface area contributed by atoms with Crippen LogP contribution in [0.25, 0.3) is 16.9 Å². The van der Waals surface area contributed by atoms with Crippen LogP contribution in [0.1, 0.15) is 0 Å². The van der Waals surface area contributed by atoms with Gasteiger partial charge in [-0.1, -0.05) is 30.0 Å². The molecule has 2 aromatic heterocycles. The zero-order valence-electron chi connectivity index (χ0n) is 10.0. The van der Waals surface area contributed by atoms with E-state index in [1.807, 2.05) is 36.6 Å². The molecule has 0 spiro atoms. The summed E-state index contributed by atoms with van der Waals surface area (Å²) in [6.45, 7) is 0. The predicted octanol–water partition coefficient (Wildman–Crippen LogP) is 1.12. The molecule has 3 aromatic rings. The van der Waals surface area contributed by atoms with E-state index in [0.29, 0.717) is 10.8 Å². The molecular weight excluding hydrogens is 264 g/mol. The molecule has 0 aliphatic carbocycles. The van der Waals surface area contributed by atoms with Gasteiger partial charge in [-0.25, -0.2) is 4.79 Å². The Kier molecular flexibility index (Phi) is 2.75. The lowest BCUT2D eigenvalue weighted by Crippen LogP contribution is -2.15. The summed E-state index contributed by atoms with van der Waals surface area (Å²) >= 11 is 1.34. The zero-order chi connectivity index (χ0) is 13.4. The lowest BCUT2D eigenvalue weighted by atomic mass is 10.3. The van der Waals surface area contributed by atoms with Crippen LogP contribution >= 0.6 is 11.8 Å². The highest BCUT2D eigenvalue weighted by molar-refractivity contribution is 7.98. The third-order valence-corrected chi connectivity index (χ3v) is 3.37. The molecule has 0 saturated carbocycles. The molecule has 0 bridgehead atoms. The minimum absolute atomic E-state index is 0.187. The van der Waals surface area contributed by atoms with Gasteiger partial charge >= 0.3 is 5.69 Å². The summed E-state index contributed by atoms with van der Waals surface area (Å²) in [5, 5.41) is 0.527. The molecule has 0 saturated heterocycles. The van der Waals surface area contributed by atoms with E-state index in [9.17, 15) is 9.59 Å². The Labute approximate surface area is 111 Å². The van der Waals surface area contributed by atoms with Gasteiger partial charge in [0, 0.05) is 5.69 Å². The van der Waals surface area contributed by atoms with Crippen LogP contribution in [0.5, 0.6) is 0 Å². The van der Waals surface area contributed by atoms with Crippen molar-refractivity contribution in [1.29, 1.82) is 0 Å². The number of hydrogen-bond donors (Lipinski definition) is 2. The smallest absolute Gasteiger partial charge is 0.300 e. The van der Waals surface area contributed by atoms with Crippen molar-refractivity contribution in [1.82, 2.24) is 19.5 Å². The molecule has 0 fully saturated rings. The number of hydrogen-bond acceptors (Lipinski definition) is 4. The fourth-order valence-electron chi connectivity index (χ4n) is 1.94. The van der Waals surface area contributed by atoms with E-state index in [2.05, 4.69) is 15.0 Å². The maximum absolute atomic E-state index is 11.8. The number of fused-ring (bicyclic) bond motifs is 1. The van der Waals surface area contributed by atoms with Crippen molar-refractivity contribution < 1.29 is 0 Å². The van der Waals surface area contributed by atoms with E-state index in [4.69, 9.17) is 0 Å². The molecule has 6 nitrogen and oxygen atoms in total. The SMILES string of the molecule is CSc1nc(=O)c2[nH]c(=O)[nH]c2n1-c1ccccc1. The van der Waals surface area contributed by atoms with Crippen molar-refractivity contribution in [2.24, 2.45) is 0 Å². The normalized spacial score (nSPS) is 11.0. The average molecular weight is 274 g/mol. The molecule has 0 unspecified atom stereocenters. The zero-order valence-corrected chi connectivity index (χ0v) is 10.8. The summed E-state index contributed by atoms with van der Waals surface area (Å²) in [5.41, 5.74) is 0.591. The number of imidazole rings is 1. The molecule has 0 aliphatic heterocycles. The first-order valence-electron chi connectivity index (χ1n) is 5.55. The van der Waals surface area contributed by atoms with Crippen molar-refractivity contribution in [3.8, 4) is 5.69 Å². The van der Waals surface area contributed by atoms with Crippen LogP contribution in [0.15, 0.2) is 45.1 Å². The topological polar surface area (TPSA) is 83.5 Å². The van der Waals surface area contributed by atoms with Crippen LogP contribution in [-0.4, -0.2) is 25.8 Å². The van der Waals surface area contributed by atoms with Gasteiger partial charge in [-0.15, -0.1) is 0 Å². The molecule has 2 N–H and O–H groups in total. The molecule has 1 aromatic carbocycles. The predicted molar refractivity (Wildman–Crippen MR) is 74.1 cm³/mol. The first kappa shape index (κ1) is 11.8. The summed E-state index contributed by atoms with van der Waals surface area (Å²) in [6, 6.07) is 9.44. The first-order valence-corrected chi connectivity index (χ1v) is 6.77. The molecular formula is C12H10N4O2S. The third-order valence-electron chi connectivity index (χ3n) is 2.73. The summed E-state index contributed by atoms with van der Waals surface area (Å²) in [4.78, 5) is 32.4. The van der Waals surface area contributed by atoms with Crippen LogP contribution < -0.4 is 11.2 Å². The van der Waals surface area contributed by atoms with Gasteiger partial charge in [0.1, 0.15) is 0 Å². The summed E-state index contributed by atoms with van der Waals surface area (Å²) < 4.78 is 1.75. The molecule has 0 atom stereocenters. The lowest BCUT2D eigenvalue weighted by molar-refractivity contribution is 0.843. The average Bonchev–Trinajstić information content (AvgIpc) is 2.81. The van der Waals surface area contributed by atoms with Crippen LogP contribution in [0.4, 0.5) is 0 Å². The molecule has 2 heterocycles. The van der Waals surface area contributed by atoms with Gasteiger partial charge in [0.05, 0.1) is 0 Å². The number of nitrogens with zero attached hydrogens (tertiary/aromatic N) is 2. The molecule has 7 heteroatoms. The third kappa shape index (κ3) is 1.88. The number of aromatic nitrogens is 4.